The van der Waals surface area contributed by atoms with Gasteiger partial charge in [-0.25, -0.2) is 0 Å². The van der Waals surface area contributed by atoms with Crippen molar-refractivity contribution in [2.75, 3.05) is 13.2 Å². The molecule has 0 aromatic rings. The van der Waals surface area contributed by atoms with E-state index in [2.05, 4.69) is 20.1 Å². The summed E-state index contributed by atoms with van der Waals surface area (Å²) in [5.41, 5.74) is 16.7. The number of rotatable bonds is 5. The number of nitrogens with zero attached hydrogens (tertiary/aromatic N) is 6. The molecule has 14 heavy (non-hydrogen) atoms. The third-order valence-corrected chi connectivity index (χ3v) is 2.20. The molecule has 0 bridgehead atoms. The molecule has 0 radical (unpaired) electrons. The lowest BCUT2D eigenvalue weighted by Crippen LogP contribution is -2.32. The van der Waals surface area contributed by atoms with Crippen molar-refractivity contribution >= 4 is 0 Å². The number of epoxide rings is 2. The quantitative estimate of drug-likeness (QED) is 0.283. The van der Waals surface area contributed by atoms with Crippen LogP contribution in [0.1, 0.15) is 0 Å². The van der Waals surface area contributed by atoms with Crippen LogP contribution in [-0.2, 0) is 9.47 Å². The highest BCUT2D eigenvalue weighted by Crippen LogP contribution is 2.29. The van der Waals surface area contributed by atoms with Crippen LogP contribution in [0.5, 0.6) is 0 Å². The lowest BCUT2D eigenvalue weighted by Gasteiger charge is -2.13. The summed E-state index contributed by atoms with van der Waals surface area (Å²) in [4.78, 5) is 5.43. The normalized spacial score (nSPS) is 32.0. The summed E-state index contributed by atoms with van der Waals surface area (Å²) in [6.07, 6.45) is -0.240. The average Bonchev–Trinajstić information content (AvgIpc) is 3.05. The molecule has 2 aliphatic rings. The zero-order valence-electron chi connectivity index (χ0n) is 7.22. The summed E-state index contributed by atoms with van der Waals surface area (Å²) in [6.45, 7) is 1.10. The van der Waals surface area contributed by atoms with Gasteiger partial charge in [0.15, 0.2) is 0 Å². The van der Waals surface area contributed by atoms with Crippen LogP contribution < -0.4 is 0 Å². The zero-order chi connectivity index (χ0) is 9.97. The Labute approximate surface area is 79.0 Å². The Bertz CT molecular complexity index is 280. The van der Waals surface area contributed by atoms with Crippen molar-refractivity contribution < 1.29 is 9.47 Å². The lowest BCUT2D eigenvalue weighted by atomic mass is 10.0. The molecular formula is C6H8N6O2. The van der Waals surface area contributed by atoms with E-state index in [1.807, 2.05) is 0 Å². The molecule has 4 atom stereocenters. The van der Waals surface area contributed by atoms with E-state index in [4.69, 9.17) is 20.5 Å². The monoisotopic (exact) mass is 196 g/mol. The van der Waals surface area contributed by atoms with Crippen molar-refractivity contribution in [3.8, 4) is 0 Å². The summed E-state index contributed by atoms with van der Waals surface area (Å²) in [5, 5.41) is 7.15. The fourth-order valence-corrected chi connectivity index (χ4v) is 1.35. The molecular weight excluding hydrogens is 188 g/mol. The number of hydrogen-bond acceptors (Lipinski definition) is 4. The largest absolute Gasteiger partial charge is 0.373 e. The molecule has 0 saturated carbocycles. The lowest BCUT2D eigenvalue weighted by molar-refractivity contribution is 0.302. The van der Waals surface area contributed by atoms with Crippen molar-refractivity contribution in [3.05, 3.63) is 20.9 Å². The summed E-state index contributed by atoms with van der Waals surface area (Å²) < 4.78 is 10.0. The minimum atomic E-state index is -0.441. The molecule has 8 nitrogen and oxygen atoms in total. The molecule has 0 N–H and O–H groups in total. The van der Waals surface area contributed by atoms with Gasteiger partial charge in [-0.05, 0) is 11.1 Å². The fraction of sp³-hybridized carbons (Fsp3) is 1.00. The first kappa shape index (κ1) is 9.11. The maximum atomic E-state index is 8.36. The molecule has 0 spiro atoms. The van der Waals surface area contributed by atoms with E-state index in [0.717, 1.165) is 0 Å². The van der Waals surface area contributed by atoms with Crippen LogP contribution >= 0.6 is 0 Å². The van der Waals surface area contributed by atoms with E-state index in [-0.39, 0.29) is 12.2 Å². The molecule has 2 aliphatic heterocycles. The first-order valence-electron chi connectivity index (χ1n) is 4.18. The summed E-state index contributed by atoms with van der Waals surface area (Å²) in [5.74, 6) is 0. The predicted molar refractivity (Wildman–Crippen MR) is 45.3 cm³/mol. The second kappa shape index (κ2) is 3.73. The van der Waals surface area contributed by atoms with Gasteiger partial charge in [-0.2, -0.15) is 0 Å². The van der Waals surface area contributed by atoms with Crippen LogP contribution in [0.15, 0.2) is 10.2 Å². The highest BCUT2D eigenvalue weighted by atomic mass is 16.6. The summed E-state index contributed by atoms with van der Waals surface area (Å²) in [7, 11) is 0. The minimum Gasteiger partial charge on any atom is -0.373 e. The molecule has 0 aliphatic carbocycles. The van der Waals surface area contributed by atoms with Gasteiger partial charge in [0.05, 0.1) is 37.5 Å². The number of hydrogen-bond donors (Lipinski definition) is 0. The van der Waals surface area contributed by atoms with Crippen molar-refractivity contribution in [2.45, 2.75) is 24.3 Å². The van der Waals surface area contributed by atoms with Gasteiger partial charge in [-0.1, -0.05) is 10.2 Å². The molecule has 0 unspecified atom stereocenters. The maximum Gasteiger partial charge on any atom is 0.0899 e. The van der Waals surface area contributed by atoms with Gasteiger partial charge in [0.2, 0.25) is 0 Å². The Morgan fingerprint density at radius 1 is 1.00 bits per heavy atom. The van der Waals surface area contributed by atoms with Crippen LogP contribution in [0.25, 0.3) is 20.9 Å². The SMILES string of the molecule is [N-]=[N+]=N[C@@H]([C@H](N=[N+]=[N-])[C@@H]1CO1)[C@@H]1CO1. The van der Waals surface area contributed by atoms with Gasteiger partial charge >= 0.3 is 0 Å². The van der Waals surface area contributed by atoms with Crippen LogP contribution in [0, 0.1) is 0 Å². The minimum absolute atomic E-state index is 0.120. The molecule has 2 saturated heterocycles. The van der Waals surface area contributed by atoms with Crippen LogP contribution in [0.4, 0.5) is 0 Å². The van der Waals surface area contributed by atoms with Gasteiger partial charge in [0, 0.05) is 9.82 Å². The Hall–Kier alpha value is -1.46. The maximum absolute atomic E-state index is 8.36. The van der Waals surface area contributed by atoms with Crippen molar-refractivity contribution in [2.24, 2.45) is 10.2 Å². The molecule has 74 valence electrons. The van der Waals surface area contributed by atoms with E-state index in [0.29, 0.717) is 13.2 Å². The Morgan fingerprint density at radius 2 is 1.36 bits per heavy atom. The van der Waals surface area contributed by atoms with Gasteiger partial charge in [-0.3, -0.25) is 0 Å². The summed E-state index contributed by atoms with van der Waals surface area (Å²) in [6, 6.07) is -0.883. The molecule has 2 fully saturated rings. The molecule has 8 heteroatoms. The van der Waals surface area contributed by atoms with Gasteiger partial charge < -0.3 is 9.47 Å². The predicted octanol–water partition coefficient (Wildman–Crippen LogP) is 1.14. The first-order chi connectivity index (χ1) is 6.86. The average molecular weight is 196 g/mol. The van der Waals surface area contributed by atoms with E-state index in [1.165, 1.54) is 0 Å². The molecule has 0 amide bonds. The highest BCUT2D eigenvalue weighted by Gasteiger charge is 2.45. The molecule has 0 aromatic heterocycles. The second-order valence-electron chi connectivity index (χ2n) is 3.13. The van der Waals surface area contributed by atoms with Crippen molar-refractivity contribution in [1.29, 1.82) is 0 Å². The van der Waals surface area contributed by atoms with E-state index in [1.54, 1.807) is 0 Å². The Kier molecular flexibility index (Phi) is 2.43. The van der Waals surface area contributed by atoms with Crippen LogP contribution in [0.3, 0.4) is 0 Å². The Morgan fingerprint density at radius 3 is 1.57 bits per heavy atom. The van der Waals surface area contributed by atoms with Crippen LogP contribution in [-0.4, -0.2) is 37.5 Å². The first-order valence-corrected chi connectivity index (χ1v) is 4.18. The third-order valence-electron chi connectivity index (χ3n) is 2.20. The van der Waals surface area contributed by atoms with E-state index in [9.17, 15) is 0 Å². The van der Waals surface area contributed by atoms with Gasteiger partial charge in [0.1, 0.15) is 0 Å². The number of azide groups is 2. The second-order valence-corrected chi connectivity index (χ2v) is 3.13. The van der Waals surface area contributed by atoms with E-state index < -0.39 is 12.1 Å². The smallest absolute Gasteiger partial charge is 0.0899 e. The molecule has 2 heterocycles. The van der Waals surface area contributed by atoms with Gasteiger partial charge in [0.25, 0.3) is 0 Å². The van der Waals surface area contributed by atoms with E-state index >= 15 is 0 Å². The third kappa shape index (κ3) is 1.89. The topological polar surface area (TPSA) is 123 Å². The standard InChI is InChI=1S/C6H8N6O2/c7-11-9-5(3-1-13-3)6(10-12-8)4-2-14-4/h3-6H,1-2H2/t3-,4-,5+,6+/m0/s1. The molecule has 2 rings (SSSR count). The highest BCUT2D eigenvalue weighted by molar-refractivity contribution is 5.01. The van der Waals surface area contributed by atoms with Crippen molar-refractivity contribution in [1.82, 2.24) is 0 Å². The van der Waals surface area contributed by atoms with Crippen LogP contribution in [0.2, 0.25) is 0 Å². The van der Waals surface area contributed by atoms with Crippen molar-refractivity contribution in [3.63, 3.8) is 0 Å². The fourth-order valence-electron chi connectivity index (χ4n) is 1.35. The number of ether oxygens (including phenoxy) is 2. The van der Waals surface area contributed by atoms with Gasteiger partial charge in [-0.15, -0.1) is 0 Å². The Balaban J connectivity index is 2.11. The summed E-state index contributed by atoms with van der Waals surface area (Å²) >= 11 is 0. The molecule has 0 aromatic carbocycles. The zero-order valence-corrected chi connectivity index (χ0v) is 7.22.